The second kappa shape index (κ2) is 5.27. The van der Waals surface area contributed by atoms with Crippen LogP contribution in [0.25, 0.3) is 0 Å². The van der Waals surface area contributed by atoms with Gasteiger partial charge in [0.2, 0.25) is 5.91 Å². The summed E-state index contributed by atoms with van der Waals surface area (Å²) >= 11 is 5.70. The first-order chi connectivity index (χ1) is 7.37. The number of halogens is 1. The first kappa shape index (κ1) is 12.9. The van der Waals surface area contributed by atoms with Gasteiger partial charge in [-0.1, -0.05) is 11.6 Å². The molecule has 4 nitrogen and oxygen atoms in total. The highest BCUT2D eigenvalue weighted by Gasteiger charge is 2.13. The van der Waals surface area contributed by atoms with E-state index in [2.05, 4.69) is 10.3 Å². The van der Waals surface area contributed by atoms with Crippen LogP contribution in [0.2, 0.25) is 5.15 Å². The lowest BCUT2D eigenvalue weighted by atomic mass is 10.00. The second-order valence-electron chi connectivity index (χ2n) is 4.40. The van der Waals surface area contributed by atoms with E-state index in [4.69, 9.17) is 17.3 Å². The molecule has 1 amide bonds. The van der Waals surface area contributed by atoms with Crippen molar-refractivity contribution in [1.82, 2.24) is 4.98 Å². The van der Waals surface area contributed by atoms with Crippen molar-refractivity contribution in [2.24, 2.45) is 5.73 Å². The molecule has 0 aromatic carbocycles. The van der Waals surface area contributed by atoms with Gasteiger partial charge in [-0.15, -0.1) is 0 Å². The molecule has 0 radical (unpaired) electrons. The Kier molecular flexibility index (Phi) is 4.26. The van der Waals surface area contributed by atoms with Gasteiger partial charge in [0.1, 0.15) is 5.15 Å². The van der Waals surface area contributed by atoms with Crippen molar-refractivity contribution in [3.63, 3.8) is 0 Å². The van der Waals surface area contributed by atoms with Crippen molar-refractivity contribution in [2.45, 2.75) is 32.2 Å². The Morgan fingerprint density at radius 3 is 2.88 bits per heavy atom. The minimum atomic E-state index is -0.326. The Morgan fingerprint density at radius 1 is 1.62 bits per heavy atom. The predicted molar refractivity (Wildman–Crippen MR) is 65.4 cm³/mol. The highest BCUT2D eigenvalue weighted by molar-refractivity contribution is 6.29. The molecule has 0 saturated carbocycles. The van der Waals surface area contributed by atoms with Crippen LogP contribution in [0.5, 0.6) is 0 Å². The van der Waals surface area contributed by atoms with Crippen LogP contribution in [-0.4, -0.2) is 16.4 Å². The van der Waals surface area contributed by atoms with Crippen LogP contribution < -0.4 is 11.1 Å². The number of carbonyl (C=O) groups excluding carboxylic acids is 1. The molecule has 0 bridgehead atoms. The van der Waals surface area contributed by atoms with E-state index in [0.29, 0.717) is 23.7 Å². The zero-order chi connectivity index (χ0) is 12.2. The van der Waals surface area contributed by atoms with Gasteiger partial charge in [0.15, 0.2) is 0 Å². The number of carbonyl (C=O) groups is 1. The molecule has 0 aliphatic rings. The number of nitrogens with two attached hydrogens (primary N) is 1. The summed E-state index contributed by atoms with van der Waals surface area (Å²) in [6, 6.07) is 3.30. The monoisotopic (exact) mass is 241 g/mol. The van der Waals surface area contributed by atoms with E-state index in [1.165, 1.54) is 0 Å². The lowest BCUT2D eigenvalue weighted by Gasteiger charge is -2.17. The van der Waals surface area contributed by atoms with Gasteiger partial charge in [0.25, 0.3) is 0 Å². The molecule has 5 heteroatoms. The van der Waals surface area contributed by atoms with Gasteiger partial charge in [-0.05, 0) is 32.4 Å². The first-order valence-corrected chi connectivity index (χ1v) is 5.45. The maximum atomic E-state index is 11.5. The van der Waals surface area contributed by atoms with E-state index < -0.39 is 0 Å². The van der Waals surface area contributed by atoms with Crippen LogP contribution in [0.3, 0.4) is 0 Å². The van der Waals surface area contributed by atoms with Gasteiger partial charge in [-0.3, -0.25) is 4.79 Å². The lowest BCUT2D eigenvalue weighted by molar-refractivity contribution is -0.116. The van der Waals surface area contributed by atoms with Crippen molar-refractivity contribution in [3.05, 3.63) is 23.5 Å². The van der Waals surface area contributed by atoms with Crippen LogP contribution in [0.1, 0.15) is 26.7 Å². The number of aromatic nitrogens is 1. The first-order valence-electron chi connectivity index (χ1n) is 5.07. The molecule has 0 saturated heterocycles. The van der Waals surface area contributed by atoms with Gasteiger partial charge in [-0.25, -0.2) is 4.98 Å². The Morgan fingerprint density at radius 2 is 2.31 bits per heavy atom. The number of nitrogens with zero attached hydrogens (tertiary/aromatic N) is 1. The summed E-state index contributed by atoms with van der Waals surface area (Å²) in [4.78, 5) is 15.4. The van der Waals surface area contributed by atoms with Gasteiger partial charge in [0.05, 0.1) is 0 Å². The van der Waals surface area contributed by atoms with Crippen LogP contribution >= 0.6 is 11.6 Å². The third-order valence-electron chi connectivity index (χ3n) is 2.01. The summed E-state index contributed by atoms with van der Waals surface area (Å²) in [6.07, 6.45) is 2.58. The number of hydrogen-bond acceptors (Lipinski definition) is 3. The number of anilines is 1. The molecular formula is C11H16ClN3O. The van der Waals surface area contributed by atoms with Gasteiger partial charge in [0, 0.05) is 23.8 Å². The fourth-order valence-electron chi connectivity index (χ4n) is 1.14. The predicted octanol–water partition coefficient (Wildman–Crippen LogP) is 2.19. The maximum Gasteiger partial charge on any atom is 0.224 e. The third-order valence-corrected chi connectivity index (χ3v) is 2.21. The summed E-state index contributed by atoms with van der Waals surface area (Å²) in [5.41, 5.74) is 6.12. The molecule has 0 atom stereocenters. The number of nitrogens with one attached hydrogen (secondary N) is 1. The van der Waals surface area contributed by atoms with Crippen molar-refractivity contribution < 1.29 is 4.79 Å². The standard InChI is InChI=1S/C11H16ClN3O/c1-11(2,13)5-3-10(16)15-8-4-6-14-9(12)7-8/h4,6-7H,3,5,13H2,1-2H3,(H,14,15,16). The molecule has 0 aliphatic carbocycles. The van der Waals surface area contributed by atoms with E-state index in [1.54, 1.807) is 18.3 Å². The van der Waals surface area contributed by atoms with E-state index >= 15 is 0 Å². The minimum absolute atomic E-state index is 0.0687. The molecule has 0 aliphatic heterocycles. The van der Waals surface area contributed by atoms with Crippen molar-refractivity contribution in [2.75, 3.05) is 5.32 Å². The number of rotatable bonds is 4. The Balaban J connectivity index is 2.46. The summed E-state index contributed by atoms with van der Waals surface area (Å²) in [5.74, 6) is -0.0687. The third kappa shape index (κ3) is 5.09. The van der Waals surface area contributed by atoms with Crippen molar-refractivity contribution in [1.29, 1.82) is 0 Å². The molecule has 1 heterocycles. The van der Waals surface area contributed by atoms with Crippen LogP contribution in [0, 0.1) is 0 Å². The van der Waals surface area contributed by atoms with E-state index in [9.17, 15) is 4.79 Å². The summed E-state index contributed by atoms with van der Waals surface area (Å²) in [6.45, 7) is 3.78. The van der Waals surface area contributed by atoms with Crippen LogP contribution in [0.4, 0.5) is 5.69 Å². The highest BCUT2D eigenvalue weighted by atomic mass is 35.5. The van der Waals surface area contributed by atoms with E-state index in [0.717, 1.165) is 0 Å². The summed E-state index contributed by atoms with van der Waals surface area (Å²) in [7, 11) is 0. The van der Waals surface area contributed by atoms with Crippen LogP contribution in [0.15, 0.2) is 18.3 Å². The van der Waals surface area contributed by atoms with Gasteiger partial charge in [-0.2, -0.15) is 0 Å². The molecule has 88 valence electrons. The van der Waals surface area contributed by atoms with E-state index in [1.807, 2.05) is 13.8 Å². The Hall–Kier alpha value is -1.13. The molecule has 1 aromatic rings. The SMILES string of the molecule is CC(C)(N)CCC(=O)Nc1ccnc(Cl)c1. The topological polar surface area (TPSA) is 68.0 Å². The zero-order valence-electron chi connectivity index (χ0n) is 9.46. The Bertz CT molecular complexity index is 374. The maximum absolute atomic E-state index is 11.5. The zero-order valence-corrected chi connectivity index (χ0v) is 10.2. The molecule has 0 unspecified atom stereocenters. The fourth-order valence-corrected chi connectivity index (χ4v) is 1.31. The van der Waals surface area contributed by atoms with Crippen molar-refractivity contribution >= 4 is 23.2 Å². The summed E-state index contributed by atoms with van der Waals surface area (Å²) in [5, 5.41) is 3.09. The normalized spacial score (nSPS) is 11.2. The Labute approximate surface area is 100 Å². The molecule has 1 rings (SSSR count). The molecule has 16 heavy (non-hydrogen) atoms. The second-order valence-corrected chi connectivity index (χ2v) is 4.79. The lowest BCUT2D eigenvalue weighted by Crippen LogP contribution is -2.33. The molecular weight excluding hydrogens is 226 g/mol. The smallest absolute Gasteiger partial charge is 0.224 e. The average molecular weight is 242 g/mol. The summed E-state index contributed by atoms with van der Waals surface area (Å²) < 4.78 is 0. The van der Waals surface area contributed by atoms with Gasteiger partial charge >= 0.3 is 0 Å². The largest absolute Gasteiger partial charge is 0.326 e. The quantitative estimate of drug-likeness (QED) is 0.794. The van der Waals surface area contributed by atoms with E-state index in [-0.39, 0.29) is 11.4 Å². The number of pyridine rings is 1. The molecule has 1 aromatic heterocycles. The fraction of sp³-hybridized carbons (Fsp3) is 0.455. The minimum Gasteiger partial charge on any atom is -0.326 e. The molecule has 0 fully saturated rings. The van der Waals surface area contributed by atoms with Crippen LogP contribution in [-0.2, 0) is 4.79 Å². The average Bonchev–Trinajstić information content (AvgIpc) is 2.14. The van der Waals surface area contributed by atoms with Crippen molar-refractivity contribution in [3.8, 4) is 0 Å². The molecule has 0 spiro atoms. The number of amides is 1. The highest BCUT2D eigenvalue weighted by Crippen LogP contribution is 2.13. The number of hydrogen-bond donors (Lipinski definition) is 2. The molecule has 3 N–H and O–H groups in total. The van der Waals surface area contributed by atoms with Gasteiger partial charge < -0.3 is 11.1 Å².